The first-order chi connectivity index (χ1) is 16.4. The molecule has 0 bridgehead atoms. The summed E-state index contributed by atoms with van der Waals surface area (Å²) in [5, 5.41) is 18.7. The Labute approximate surface area is 206 Å². The summed E-state index contributed by atoms with van der Waals surface area (Å²) >= 11 is 3.43. The summed E-state index contributed by atoms with van der Waals surface area (Å²) in [6.07, 6.45) is 4.35. The predicted octanol–water partition coefficient (Wildman–Crippen LogP) is 2.76. The number of ether oxygens (including phenoxy) is 1. The molecular formula is C24H28BrN5O4. The van der Waals surface area contributed by atoms with Gasteiger partial charge in [0.1, 0.15) is 23.5 Å². The Bertz CT molecular complexity index is 1140. The number of benzene rings is 1. The zero-order valence-corrected chi connectivity index (χ0v) is 20.5. The predicted molar refractivity (Wildman–Crippen MR) is 129 cm³/mol. The van der Waals surface area contributed by atoms with Crippen molar-refractivity contribution < 1.29 is 19.1 Å². The van der Waals surface area contributed by atoms with Crippen LogP contribution in [0.3, 0.4) is 0 Å². The number of carbonyl (C=O) groups is 3. The summed E-state index contributed by atoms with van der Waals surface area (Å²) in [6, 6.07) is 5.89. The summed E-state index contributed by atoms with van der Waals surface area (Å²) in [6.45, 7) is 0.644. The molecular weight excluding hydrogens is 502 g/mol. The van der Waals surface area contributed by atoms with E-state index in [0.717, 1.165) is 34.6 Å². The molecule has 34 heavy (non-hydrogen) atoms. The number of fused-ring (bicyclic) bond motifs is 1. The Balaban J connectivity index is 1.45. The van der Waals surface area contributed by atoms with E-state index in [1.54, 1.807) is 13.2 Å². The smallest absolute Gasteiger partial charge is 0.268 e. The molecule has 10 heteroatoms. The standard InChI is InChI=1S/C24H28BrN5O4/c1-34-21-10-15(25)9-18-17(21)11-20(29-18)24(33)30-19(7-13-4-5-13)23(32)28-16(12-26)8-14-3-2-6-27-22(14)31/h9-11,13-14,16,19,29H,2-8H2,1H3,(H,27,31)(H,28,32)(H,30,33)/t14-,16?,19?/m0/s1. The fraction of sp³-hybridized carbons (Fsp3) is 0.500. The summed E-state index contributed by atoms with van der Waals surface area (Å²) in [5.74, 6) is -0.190. The van der Waals surface area contributed by atoms with E-state index in [0.29, 0.717) is 36.7 Å². The van der Waals surface area contributed by atoms with Crippen molar-refractivity contribution in [3.05, 3.63) is 28.4 Å². The highest BCUT2D eigenvalue weighted by molar-refractivity contribution is 9.10. The first kappa shape index (κ1) is 24.1. The van der Waals surface area contributed by atoms with E-state index in [4.69, 9.17) is 4.74 Å². The molecule has 2 unspecified atom stereocenters. The van der Waals surface area contributed by atoms with Gasteiger partial charge in [0.15, 0.2) is 0 Å². The van der Waals surface area contributed by atoms with Crippen molar-refractivity contribution in [1.29, 1.82) is 5.26 Å². The van der Waals surface area contributed by atoms with Gasteiger partial charge in [0, 0.05) is 22.3 Å². The molecule has 1 aromatic heterocycles. The van der Waals surface area contributed by atoms with Crippen molar-refractivity contribution in [1.82, 2.24) is 20.9 Å². The molecule has 1 aliphatic heterocycles. The molecule has 4 N–H and O–H groups in total. The number of carbonyl (C=O) groups excluding carboxylic acids is 3. The van der Waals surface area contributed by atoms with E-state index in [1.165, 1.54) is 0 Å². The molecule has 1 aromatic carbocycles. The first-order valence-corrected chi connectivity index (χ1v) is 12.3. The Morgan fingerprint density at radius 2 is 2.03 bits per heavy atom. The Hall–Kier alpha value is -3.06. The highest BCUT2D eigenvalue weighted by Gasteiger charge is 2.33. The number of halogens is 1. The third-order valence-corrected chi connectivity index (χ3v) is 6.87. The van der Waals surface area contributed by atoms with Gasteiger partial charge in [0.25, 0.3) is 5.91 Å². The van der Waals surface area contributed by atoms with E-state index >= 15 is 0 Å². The minimum atomic E-state index is -0.797. The molecule has 2 fully saturated rings. The number of nitriles is 1. The van der Waals surface area contributed by atoms with Gasteiger partial charge in [-0.05, 0) is 49.8 Å². The van der Waals surface area contributed by atoms with Gasteiger partial charge in [-0.15, -0.1) is 0 Å². The number of piperidine rings is 1. The van der Waals surface area contributed by atoms with Crippen LogP contribution in [0.5, 0.6) is 5.75 Å². The molecule has 3 amide bonds. The summed E-state index contributed by atoms with van der Waals surface area (Å²) in [4.78, 5) is 41.2. The highest BCUT2D eigenvalue weighted by atomic mass is 79.9. The molecule has 1 aliphatic carbocycles. The molecule has 0 radical (unpaired) electrons. The van der Waals surface area contributed by atoms with Crippen molar-refractivity contribution >= 4 is 44.6 Å². The molecule has 4 rings (SSSR count). The molecule has 2 aliphatic rings. The van der Waals surface area contributed by atoms with E-state index in [1.807, 2.05) is 12.1 Å². The number of nitrogens with one attached hydrogen (secondary N) is 4. The number of aromatic nitrogens is 1. The Kier molecular flexibility index (Phi) is 7.41. The maximum Gasteiger partial charge on any atom is 0.268 e. The van der Waals surface area contributed by atoms with Gasteiger partial charge in [0.05, 0.1) is 18.7 Å². The zero-order chi connectivity index (χ0) is 24.2. The second kappa shape index (κ2) is 10.5. The second-order valence-corrected chi connectivity index (χ2v) is 9.93. The van der Waals surface area contributed by atoms with Crippen LogP contribution >= 0.6 is 15.9 Å². The number of nitrogens with zero attached hydrogens (tertiary/aromatic N) is 1. The number of hydrogen-bond donors (Lipinski definition) is 4. The van der Waals surface area contributed by atoms with Gasteiger partial charge in [-0.1, -0.05) is 28.8 Å². The number of amides is 3. The topological polar surface area (TPSA) is 136 Å². The zero-order valence-electron chi connectivity index (χ0n) is 18.9. The fourth-order valence-corrected chi connectivity index (χ4v) is 4.81. The van der Waals surface area contributed by atoms with Crippen molar-refractivity contribution in [3.8, 4) is 11.8 Å². The van der Waals surface area contributed by atoms with E-state index < -0.39 is 23.9 Å². The lowest BCUT2D eigenvalue weighted by atomic mass is 9.92. The highest BCUT2D eigenvalue weighted by Crippen LogP contribution is 2.34. The van der Waals surface area contributed by atoms with Crippen LogP contribution in [-0.4, -0.2) is 48.4 Å². The van der Waals surface area contributed by atoms with Gasteiger partial charge in [-0.3, -0.25) is 14.4 Å². The van der Waals surface area contributed by atoms with Crippen LogP contribution in [0.1, 0.15) is 49.0 Å². The molecule has 1 saturated heterocycles. The van der Waals surface area contributed by atoms with Crippen LogP contribution in [0.15, 0.2) is 22.7 Å². The van der Waals surface area contributed by atoms with E-state index in [9.17, 15) is 19.6 Å². The Morgan fingerprint density at radius 3 is 2.71 bits per heavy atom. The van der Waals surface area contributed by atoms with Crippen molar-refractivity contribution in [3.63, 3.8) is 0 Å². The molecule has 180 valence electrons. The van der Waals surface area contributed by atoms with E-state index in [2.05, 4.69) is 42.9 Å². The molecule has 2 aromatic rings. The van der Waals surface area contributed by atoms with Crippen LogP contribution < -0.4 is 20.7 Å². The van der Waals surface area contributed by atoms with Gasteiger partial charge in [-0.25, -0.2) is 0 Å². The van der Waals surface area contributed by atoms with Crippen molar-refractivity contribution in [2.24, 2.45) is 11.8 Å². The fourth-order valence-electron chi connectivity index (χ4n) is 4.38. The van der Waals surface area contributed by atoms with Gasteiger partial charge in [0.2, 0.25) is 11.8 Å². The number of rotatable bonds is 9. The molecule has 0 spiro atoms. The van der Waals surface area contributed by atoms with Crippen molar-refractivity contribution in [2.75, 3.05) is 13.7 Å². The lowest BCUT2D eigenvalue weighted by Crippen LogP contribution is -2.50. The minimum absolute atomic E-state index is 0.0792. The first-order valence-electron chi connectivity index (χ1n) is 11.5. The number of hydrogen-bond acceptors (Lipinski definition) is 5. The van der Waals surface area contributed by atoms with Crippen LogP contribution in [0.25, 0.3) is 10.9 Å². The third-order valence-electron chi connectivity index (χ3n) is 6.41. The maximum atomic E-state index is 13.1. The lowest BCUT2D eigenvalue weighted by Gasteiger charge is -2.25. The van der Waals surface area contributed by atoms with Gasteiger partial charge < -0.3 is 25.7 Å². The molecule has 2 heterocycles. The molecule has 1 saturated carbocycles. The SMILES string of the molecule is COc1cc(Br)cc2[nH]c(C(=O)NC(CC3CC3)C(=O)NC(C#N)C[C@@H]3CCCNC3=O)cc12. The Morgan fingerprint density at radius 1 is 1.24 bits per heavy atom. The van der Waals surface area contributed by atoms with Crippen LogP contribution in [0.4, 0.5) is 0 Å². The van der Waals surface area contributed by atoms with Crippen LogP contribution in [0, 0.1) is 23.2 Å². The molecule has 3 atom stereocenters. The number of methoxy groups -OCH3 is 1. The maximum absolute atomic E-state index is 13.1. The van der Waals surface area contributed by atoms with Crippen LogP contribution in [0.2, 0.25) is 0 Å². The number of aromatic amines is 1. The summed E-state index contributed by atoms with van der Waals surface area (Å²) in [5.41, 5.74) is 1.05. The van der Waals surface area contributed by atoms with E-state index in [-0.39, 0.29) is 18.2 Å². The average molecular weight is 530 g/mol. The largest absolute Gasteiger partial charge is 0.496 e. The normalized spacial score (nSPS) is 19.6. The van der Waals surface area contributed by atoms with Gasteiger partial charge in [-0.2, -0.15) is 5.26 Å². The average Bonchev–Trinajstić information content (AvgIpc) is 3.54. The van der Waals surface area contributed by atoms with Gasteiger partial charge >= 0.3 is 0 Å². The minimum Gasteiger partial charge on any atom is -0.496 e. The second-order valence-electron chi connectivity index (χ2n) is 9.01. The van der Waals surface area contributed by atoms with Crippen molar-refractivity contribution in [2.45, 2.75) is 50.6 Å². The lowest BCUT2D eigenvalue weighted by molar-refractivity contribution is -0.128. The monoisotopic (exact) mass is 529 g/mol. The van der Waals surface area contributed by atoms with Crippen LogP contribution in [-0.2, 0) is 9.59 Å². The molecule has 9 nitrogen and oxygen atoms in total. The summed E-state index contributed by atoms with van der Waals surface area (Å²) in [7, 11) is 1.56. The third kappa shape index (κ3) is 5.70. The summed E-state index contributed by atoms with van der Waals surface area (Å²) < 4.78 is 6.21. The number of H-pyrrole nitrogens is 1. The quantitative estimate of drug-likeness (QED) is 0.395.